The smallest absolute Gasteiger partial charge is 0.306 e. The van der Waals surface area contributed by atoms with Crippen molar-refractivity contribution >= 4 is 16.0 Å². The van der Waals surface area contributed by atoms with E-state index in [0.29, 0.717) is 12.1 Å². The number of hydrogen-bond donors (Lipinski definition) is 1. The number of sulfonamides is 1. The Morgan fingerprint density at radius 3 is 2.35 bits per heavy atom. The van der Waals surface area contributed by atoms with Crippen molar-refractivity contribution in [3.63, 3.8) is 0 Å². The molecule has 0 amide bonds. The molecule has 0 saturated heterocycles. The SMILES string of the molecule is CC(C)(C)OC(=O)CCCNS(=O)(=O)c1ccc(F)c(F)c1F. The number of esters is 1. The molecule has 1 aromatic rings. The van der Waals surface area contributed by atoms with Crippen molar-refractivity contribution < 1.29 is 31.1 Å². The second kappa shape index (κ2) is 7.31. The quantitative estimate of drug-likeness (QED) is 0.485. The van der Waals surface area contributed by atoms with Gasteiger partial charge in [0, 0.05) is 13.0 Å². The number of carbonyl (C=O) groups excluding carboxylic acids is 1. The normalized spacial score (nSPS) is 12.3. The molecule has 0 fully saturated rings. The summed E-state index contributed by atoms with van der Waals surface area (Å²) in [6.45, 7) is 4.90. The highest BCUT2D eigenvalue weighted by Crippen LogP contribution is 2.19. The molecular weight excluding hydrogens is 335 g/mol. The lowest BCUT2D eigenvalue weighted by Gasteiger charge is -2.19. The number of carbonyl (C=O) groups is 1. The molecule has 0 aliphatic carbocycles. The third-order valence-electron chi connectivity index (χ3n) is 2.56. The minimum absolute atomic E-state index is 0.0416. The number of halogens is 3. The van der Waals surface area contributed by atoms with Crippen LogP contribution in [0.15, 0.2) is 17.0 Å². The Bertz CT molecular complexity index is 684. The van der Waals surface area contributed by atoms with Crippen molar-refractivity contribution in [2.24, 2.45) is 0 Å². The van der Waals surface area contributed by atoms with E-state index >= 15 is 0 Å². The standard InChI is InChI=1S/C14H18F3NO4S/c1-14(2,3)22-11(19)5-4-8-18-23(20,21)10-7-6-9(15)12(16)13(10)17/h6-7,18H,4-5,8H2,1-3H3. The molecule has 0 aliphatic heterocycles. The van der Waals surface area contributed by atoms with Gasteiger partial charge in [-0.05, 0) is 39.3 Å². The molecule has 0 radical (unpaired) electrons. The predicted octanol–water partition coefficient (Wildman–Crippen LogP) is 2.50. The molecule has 0 unspecified atom stereocenters. The lowest BCUT2D eigenvalue weighted by atomic mass is 10.2. The molecular formula is C14H18F3NO4S. The second-order valence-corrected chi connectivity index (χ2v) is 7.50. The Balaban J connectivity index is 2.61. The maximum Gasteiger partial charge on any atom is 0.306 e. The van der Waals surface area contributed by atoms with Gasteiger partial charge in [-0.3, -0.25) is 4.79 Å². The number of ether oxygens (including phenoxy) is 1. The van der Waals surface area contributed by atoms with Crippen molar-refractivity contribution in [1.82, 2.24) is 4.72 Å². The number of benzene rings is 1. The molecule has 1 N–H and O–H groups in total. The van der Waals surface area contributed by atoms with Gasteiger partial charge >= 0.3 is 5.97 Å². The Morgan fingerprint density at radius 2 is 1.78 bits per heavy atom. The summed E-state index contributed by atoms with van der Waals surface area (Å²) in [5.41, 5.74) is -0.647. The number of hydrogen-bond acceptors (Lipinski definition) is 4. The maximum absolute atomic E-state index is 13.5. The largest absolute Gasteiger partial charge is 0.460 e. The summed E-state index contributed by atoms with van der Waals surface area (Å²) in [6, 6.07) is 1.15. The molecule has 1 rings (SSSR count). The van der Waals surface area contributed by atoms with Gasteiger partial charge in [-0.2, -0.15) is 0 Å². The molecule has 0 aromatic heterocycles. The van der Waals surface area contributed by atoms with Crippen LogP contribution in [0.1, 0.15) is 33.6 Å². The minimum atomic E-state index is -4.35. The van der Waals surface area contributed by atoms with Crippen LogP contribution in [-0.4, -0.2) is 26.5 Å². The average molecular weight is 353 g/mol. The predicted molar refractivity (Wildman–Crippen MR) is 76.6 cm³/mol. The third kappa shape index (κ3) is 5.83. The third-order valence-corrected chi connectivity index (χ3v) is 4.04. The maximum atomic E-state index is 13.5. The van der Waals surface area contributed by atoms with Crippen LogP contribution in [0.2, 0.25) is 0 Å². The van der Waals surface area contributed by atoms with Gasteiger partial charge in [-0.15, -0.1) is 0 Å². The zero-order valence-corrected chi connectivity index (χ0v) is 13.8. The second-order valence-electron chi connectivity index (χ2n) is 5.76. The van der Waals surface area contributed by atoms with Crippen molar-refractivity contribution in [1.29, 1.82) is 0 Å². The van der Waals surface area contributed by atoms with Crippen molar-refractivity contribution in [2.75, 3.05) is 6.54 Å². The number of nitrogens with one attached hydrogen (secondary N) is 1. The number of rotatable bonds is 6. The van der Waals surface area contributed by atoms with E-state index in [1.165, 1.54) is 0 Å². The molecule has 0 saturated carbocycles. The van der Waals surface area contributed by atoms with Gasteiger partial charge in [-0.25, -0.2) is 26.3 Å². The first-order valence-corrected chi connectivity index (χ1v) is 8.27. The molecule has 0 atom stereocenters. The molecule has 1 aromatic carbocycles. The summed E-state index contributed by atoms with van der Waals surface area (Å²) in [5, 5.41) is 0. The van der Waals surface area contributed by atoms with Crippen LogP contribution in [0.3, 0.4) is 0 Å². The van der Waals surface area contributed by atoms with Crippen molar-refractivity contribution in [2.45, 2.75) is 44.1 Å². The monoisotopic (exact) mass is 353 g/mol. The van der Waals surface area contributed by atoms with E-state index in [-0.39, 0.29) is 19.4 Å². The summed E-state index contributed by atoms with van der Waals surface area (Å²) in [6.07, 6.45) is 0.0689. The van der Waals surface area contributed by atoms with Gasteiger partial charge in [0.05, 0.1) is 0 Å². The molecule has 9 heteroatoms. The van der Waals surface area contributed by atoms with E-state index < -0.39 is 43.9 Å². The summed E-state index contributed by atoms with van der Waals surface area (Å²) < 4.78 is 70.1. The molecule has 0 bridgehead atoms. The molecule has 130 valence electrons. The van der Waals surface area contributed by atoms with Crippen molar-refractivity contribution in [3.8, 4) is 0 Å². The molecule has 0 heterocycles. The van der Waals surface area contributed by atoms with Gasteiger partial charge in [0.15, 0.2) is 17.5 Å². The van der Waals surface area contributed by atoms with Crippen LogP contribution in [-0.2, 0) is 19.6 Å². The van der Waals surface area contributed by atoms with E-state index in [2.05, 4.69) is 0 Å². The molecule has 0 spiro atoms. The molecule has 5 nitrogen and oxygen atoms in total. The van der Waals surface area contributed by atoms with Gasteiger partial charge < -0.3 is 4.74 Å². The summed E-state index contributed by atoms with van der Waals surface area (Å²) in [7, 11) is -4.35. The summed E-state index contributed by atoms with van der Waals surface area (Å²) in [5.74, 6) is -5.63. The first-order valence-electron chi connectivity index (χ1n) is 6.79. The molecule has 0 aliphatic rings. The Kier molecular flexibility index (Phi) is 6.18. The van der Waals surface area contributed by atoms with Gasteiger partial charge in [-0.1, -0.05) is 0 Å². The van der Waals surface area contributed by atoms with Crippen LogP contribution >= 0.6 is 0 Å². The van der Waals surface area contributed by atoms with E-state index in [1.807, 2.05) is 4.72 Å². The highest BCUT2D eigenvalue weighted by molar-refractivity contribution is 7.89. The summed E-state index contributed by atoms with van der Waals surface area (Å²) in [4.78, 5) is 10.4. The van der Waals surface area contributed by atoms with E-state index in [4.69, 9.17) is 4.74 Å². The van der Waals surface area contributed by atoms with Gasteiger partial charge in [0.2, 0.25) is 10.0 Å². The Labute approximate surface area is 132 Å². The average Bonchev–Trinajstić information content (AvgIpc) is 2.39. The first kappa shape index (κ1) is 19.4. The lowest BCUT2D eigenvalue weighted by molar-refractivity contribution is -0.154. The summed E-state index contributed by atoms with van der Waals surface area (Å²) >= 11 is 0. The van der Waals surface area contributed by atoms with Crippen LogP contribution in [0.25, 0.3) is 0 Å². The fraction of sp³-hybridized carbons (Fsp3) is 0.500. The minimum Gasteiger partial charge on any atom is -0.460 e. The fourth-order valence-corrected chi connectivity index (χ4v) is 2.77. The van der Waals surface area contributed by atoms with Crippen LogP contribution in [0.5, 0.6) is 0 Å². The topological polar surface area (TPSA) is 72.5 Å². The zero-order chi connectivity index (χ0) is 17.8. The Hall–Kier alpha value is -1.61. The lowest BCUT2D eigenvalue weighted by Crippen LogP contribution is -2.28. The fourth-order valence-electron chi connectivity index (χ4n) is 1.63. The van der Waals surface area contributed by atoms with Crippen molar-refractivity contribution in [3.05, 3.63) is 29.6 Å². The van der Waals surface area contributed by atoms with E-state index in [9.17, 15) is 26.4 Å². The van der Waals surface area contributed by atoms with Crippen LogP contribution in [0.4, 0.5) is 13.2 Å². The highest BCUT2D eigenvalue weighted by atomic mass is 32.2. The van der Waals surface area contributed by atoms with E-state index in [0.717, 1.165) is 0 Å². The first-order chi connectivity index (χ1) is 10.4. The highest BCUT2D eigenvalue weighted by Gasteiger charge is 2.23. The molecule has 23 heavy (non-hydrogen) atoms. The Morgan fingerprint density at radius 1 is 1.17 bits per heavy atom. The van der Waals surface area contributed by atoms with Gasteiger partial charge in [0.25, 0.3) is 0 Å². The van der Waals surface area contributed by atoms with Crippen LogP contribution in [0, 0.1) is 17.5 Å². The van der Waals surface area contributed by atoms with E-state index in [1.54, 1.807) is 20.8 Å². The van der Waals surface area contributed by atoms with Crippen LogP contribution < -0.4 is 4.72 Å². The zero-order valence-electron chi connectivity index (χ0n) is 13.0. The van der Waals surface area contributed by atoms with Gasteiger partial charge in [0.1, 0.15) is 10.5 Å².